The Balaban J connectivity index is 0.885. The van der Waals surface area contributed by atoms with Crippen molar-refractivity contribution in [1.29, 1.82) is 0 Å². The summed E-state index contributed by atoms with van der Waals surface area (Å²) in [6, 6.07) is 51.0. The first-order chi connectivity index (χ1) is 26.5. The molecule has 1 aliphatic carbocycles. The van der Waals surface area contributed by atoms with Crippen molar-refractivity contribution in [3.63, 3.8) is 0 Å². The molecule has 0 fully saturated rings. The minimum absolute atomic E-state index is 0.150. The van der Waals surface area contributed by atoms with Crippen LogP contribution in [0.1, 0.15) is 55.5 Å². The van der Waals surface area contributed by atoms with Gasteiger partial charge in [-0.3, -0.25) is 9.55 Å². The number of fused-ring (bicyclic) bond motifs is 6. The van der Waals surface area contributed by atoms with Crippen LogP contribution < -0.4 is 0 Å². The van der Waals surface area contributed by atoms with Gasteiger partial charge in [0.15, 0.2) is 0 Å². The lowest BCUT2D eigenvalue weighted by molar-refractivity contribution is 0.641. The summed E-state index contributed by atoms with van der Waals surface area (Å²) in [5, 5.41) is 3.55. The molecule has 0 radical (unpaired) electrons. The zero-order valence-electron chi connectivity index (χ0n) is 30.7. The van der Waals surface area contributed by atoms with Gasteiger partial charge >= 0.3 is 0 Å². The third-order valence-electron chi connectivity index (χ3n) is 11.7. The van der Waals surface area contributed by atoms with Crippen LogP contribution >= 0.6 is 0 Å². The Bertz CT molecular complexity index is 2800. The van der Waals surface area contributed by atoms with Crippen molar-refractivity contribution < 1.29 is 0 Å². The largest absolute Gasteiger partial charge is 0.313 e. The molecule has 9 aromatic rings. The fraction of sp³-hybridized carbons (Fsp3) is 0.120. The molecule has 0 aliphatic heterocycles. The molecule has 0 amide bonds. The van der Waals surface area contributed by atoms with E-state index >= 15 is 0 Å². The molecule has 0 bridgehead atoms. The quantitative estimate of drug-likeness (QED) is 0.173. The number of allylic oxidation sites excluding steroid dienone is 1. The number of hydrogen-bond acceptors (Lipinski definition) is 2. The summed E-state index contributed by atoms with van der Waals surface area (Å²) in [5.41, 5.74) is 15.7. The third kappa shape index (κ3) is 5.13. The monoisotopic (exact) mass is 696 g/mol. The predicted octanol–water partition coefficient (Wildman–Crippen LogP) is 12.7. The molecule has 0 spiro atoms. The zero-order valence-corrected chi connectivity index (χ0v) is 30.7. The van der Waals surface area contributed by atoms with Crippen LogP contribution in [0.25, 0.3) is 72.5 Å². The Morgan fingerprint density at radius 2 is 1.11 bits per heavy atom. The maximum absolute atomic E-state index is 4.72. The highest BCUT2D eigenvalue weighted by molar-refractivity contribution is 6.07. The molecule has 5 aromatic carbocycles. The SMILES string of the molecule is CC1CC=Cc2c1n(-c1ccc(-c3ccc(C(C)(C)c4ccc(-c5ccc(-n6c7ccncc7c7cccnc76)cc5)cc4)cc3)cc1)c1ccccc21. The number of aromatic nitrogens is 4. The molecule has 54 heavy (non-hydrogen) atoms. The van der Waals surface area contributed by atoms with Crippen LogP contribution in [0.5, 0.6) is 0 Å². The second kappa shape index (κ2) is 12.6. The van der Waals surface area contributed by atoms with Gasteiger partial charge in [0.1, 0.15) is 5.65 Å². The standard InChI is InChI=1S/C50H40N4/c1-33-8-6-10-43-42-9-4-5-12-46(42)53(48(33)43)40-25-17-36(18-26-40)34-13-21-38(22-14-34)50(2,3)39-23-15-35(16-24-39)37-19-27-41(28-20-37)54-47-29-31-51-32-45(47)44-11-7-30-52-49(44)54/h4-7,9-33H,8H2,1-3H3. The van der Waals surface area contributed by atoms with Crippen molar-refractivity contribution >= 4 is 38.9 Å². The van der Waals surface area contributed by atoms with Crippen molar-refractivity contribution in [2.24, 2.45) is 0 Å². The minimum atomic E-state index is -0.150. The van der Waals surface area contributed by atoms with Gasteiger partial charge in [-0.1, -0.05) is 124 Å². The maximum Gasteiger partial charge on any atom is 0.145 e. The Kier molecular flexibility index (Phi) is 7.48. The van der Waals surface area contributed by atoms with E-state index in [-0.39, 0.29) is 5.41 Å². The highest BCUT2D eigenvalue weighted by atomic mass is 15.0. The number of benzene rings is 5. The summed E-state index contributed by atoms with van der Waals surface area (Å²) >= 11 is 0. The zero-order chi connectivity index (χ0) is 36.4. The number of hydrogen-bond donors (Lipinski definition) is 0. The van der Waals surface area contributed by atoms with Crippen LogP contribution in [-0.4, -0.2) is 19.1 Å². The van der Waals surface area contributed by atoms with Crippen molar-refractivity contribution in [3.8, 4) is 33.6 Å². The number of nitrogens with zero attached hydrogens (tertiary/aromatic N) is 4. The molecule has 4 aromatic heterocycles. The van der Waals surface area contributed by atoms with E-state index in [2.05, 4.69) is 181 Å². The van der Waals surface area contributed by atoms with Gasteiger partial charge in [0.25, 0.3) is 0 Å². The Hall–Kier alpha value is -6.52. The normalized spacial score (nSPS) is 14.2. The first-order valence-electron chi connectivity index (χ1n) is 18.9. The summed E-state index contributed by atoms with van der Waals surface area (Å²) in [6.45, 7) is 6.97. The van der Waals surface area contributed by atoms with Gasteiger partial charge in [-0.15, -0.1) is 0 Å². The van der Waals surface area contributed by atoms with Gasteiger partial charge in [0.2, 0.25) is 0 Å². The fourth-order valence-electron chi connectivity index (χ4n) is 8.61. The van der Waals surface area contributed by atoms with Crippen LogP contribution in [0.2, 0.25) is 0 Å². The average molecular weight is 697 g/mol. The lowest BCUT2D eigenvalue weighted by Crippen LogP contribution is -2.18. The van der Waals surface area contributed by atoms with E-state index < -0.39 is 0 Å². The van der Waals surface area contributed by atoms with Gasteiger partial charge in [-0.2, -0.15) is 0 Å². The average Bonchev–Trinajstić information content (AvgIpc) is 3.75. The summed E-state index contributed by atoms with van der Waals surface area (Å²) in [7, 11) is 0. The van der Waals surface area contributed by atoms with Crippen molar-refractivity contribution in [2.75, 3.05) is 0 Å². The van der Waals surface area contributed by atoms with Crippen LogP contribution in [0.15, 0.2) is 164 Å². The van der Waals surface area contributed by atoms with E-state index in [1.54, 1.807) is 0 Å². The molecule has 1 atom stereocenters. The fourth-order valence-corrected chi connectivity index (χ4v) is 8.61. The number of pyridine rings is 2. The Labute approximate surface area is 315 Å². The van der Waals surface area contributed by atoms with E-state index in [4.69, 9.17) is 4.98 Å². The van der Waals surface area contributed by atoms with E-state index in [1.165, 1.54) is 61.2 Å². The summed E-state index contributed by atoms with van der Waals surface area (Å²) in [6.07, 6.45) is 11.3. The molecular formula is C50H40N4. The molecule has 0 saturated carbocycles. The molecule has 4 nitrogen and oxygen atoms in total. The van der Waals surface area contributed by atoms with Crippen LogP contribution in [0, 0.1) is 0 Å². The van der Waals surface area contributed by atoms with E-state index in [1.807, 2.05) is 24.7 Å². The highest BCUT2D eigenvalue weighted by Gasteiger charge is 2.25. The second-order valence-electron chi connectivity index (χ2n) is 15.2. The molecule has 0 saturated heterocycles. The first-order valence-corrected chi connectivity index (χ1v) is 18.9. The van der Waals surface area contributed by atoms with Crippen molar-refractivity contribution in [2.45, 2.75) is 38.5 Å². The number of para-hydroxylation sites is 1. The summed E-state index contributed by atoms with van der Waals surface area (Å²) in [5.74, 6) is 0.477. The van der Waals surface area contributed by atoms with E-state index in [0.717, 1.165) is 34.0 Å². The van der Waals surface area contributed by atoms with Gasteiger partial charge in [0, 0.05) is 68.7 Å². The molecule has 4 heterocycles. The predicted molar refractivity (Wildman–Crippen MR) is 225 cm³/mol. The molecule has 260 valence electrons. The highest BCUT2D eigenvalue weighted by Crippen LogP contribution is 2.40. The molecule has 10 rings (SSSR count). The molecule has 4 heteroatoms. The molecule has 0 N–H and O–H groups in total. The third-order valence-corrected chi connectivity index (χ3v) is 11.7. The molecule has 1 aliphatic rings. The Morgan fingerprint density at radius 1 is 0.556 bits per heavy atom. The lowest BCUT2D eigenvalue weighted by atomic mass is 9.77. The minimum Gasteiger partial charge on any atom is -0.313 e. The smallest absolute Gasteiger partial charge is 0.145 e. The lowest BCUT2D eigenvalue weighted by Gasteiger charge is -2.26. The van der Waals surface area contributed by atoms with Gasteiger partial charge in [-0.25, -0.2) is 4.98 Å². The first kappa shape index (κ1) is 32.2. The van der Waals surface area contributed by atoms with Crippen LogP contribution in [-0.2, 0) is 5.41 Å². The second-order valence-corrected chi connectivity index (χ2v) is 15.2. The molecular weight excluding hydrogens is 657 g/mol. The van der Waals surface area contributed by atoms with Crippen LogP contribution in [0.4, 0.5) is 0 Å². The van der Waals surface area contributed by atoms with Gasteiger partial charge in [0.05, 0.1) is 11.0 Å². The summed E-state index contributed by atoms with van der Waals surface area (Å²) < 4.78 is 4.69. The summed E-state index contributed by atoms with van der Waals surface area (Å²) in [4.78, 5) is 9.09. The van der Waals surface area contributed by atoms with Crippen LogP contribution in [0.3, 0.4) is 0 Å². The van der Waals surface area contributed by atoms with Crippen molar-refractivity contribution in [1.82, 2.24) is 19.1 Å². The Morgan fingerprint density at radius 3 is 1.76 bits per heavy atom. The van der Waals surface area contributed by atoms with Crippen molar-refractivity contribution in [3.05, 3.63) is 187 Å². The van der Waals surface area contributed by atoms with E-state index in [0.29, 0.717) is 5.92 Å². The van der Waals surface area contributed by atoms with E-state index in [9.17, 15) is 0 Å². The molecule has 1 unspecified atom stereocenters. The number of rotatable bonds is 6. The topological polar surface area (TPSA) is 35.6 Å². The maximum atomic E-state index is 4.72. The van der Waals surface area contributed by atoms with Gasteiger partial charge in [-0.05, 0) is 88.3 Å². The van der Waals surface area contributed by atoms with Gasteiger partial charge < -0.3 is 4.57 Å².